The molecule has 0 atom stereocenters. The van der Waals surface area contributed by atoms with Crippen molar-refractivity contribution in [3.8, 4) is 29.1 Å². The van der Waals surface area contributed by atoms with Gasteiger partial charge in [-0.2, -0.15) is 5.26 Å². The number of rotatable bonds is 8. The molecule has 3 aromatic carbocycles. The van der Waals surface area contributed by atoms with Crippen LogP contribution in [0.1, 0.15) is 11.1 Å². The first-order valence-electron chi connectivity index (χ1n) is 9.55. The van der Waals surface area contributed by atoms with Crippen molar-refractivity contribution in [3.05, 3.63) is 82.9 Å². The van der Waals surface area contributed by atoms with Gasteiger partial charge in [0, 0.05) is 5.02 Å². The first kappa shape index (κ1) is 22.7. The highest BCUT2D eigenvalue weighted by Crippen LogP contribution is 2.30. The van der Waals surface area contributed by atoms with Crippen LogP contribution in [0.15, 0.2) is 66.7 Å². The molecular formula is C25H20ClNO5. The number of hydrogen-bond acceptors (Lipinski definition) is 6. The lowest BCUT2D eigenvalue weighted by Gasteiger charge is -2.11. The Bertz CT molecular complexity index is 1150. The number of hydrogen-bond donors (Lipinski definition) is 0. The molecule has 0 aliphatic rings. The number of halogens is 1. The van der Waals surface area contributed by atoms with Crippen LogP contribution in [0.4, 0.5) is 0 Å². The van der Waals surface area contributed by atoms with Crippen LogP contribution in [0.2, 0.25) is 5.02 Å². The number of allylic oxidation sites excluding steroid dienone is 1. The van der Waals surface area contributed by atoms with E-state index in [-0.39, 0.29) is 12.4 Å². The van der Waals surface area contributed by atoms with E-state index in [1.54, 1.807) is 67.8 Å². The summed E-state index contributed by atoms with van der Waals surface area (Å²) in [5.74, 6) is 1.22. The number of benzene rings is 3. The van der Waals surface area contributed by atoms with Crippen LogP contribution in [0.25, 0.3) is 11.6 Å². The zero-order valence-corrected chi connectivity index (χ0v) is 18.3. The van der Waals surface area contributed by atoms with Gasteiger partial charge in [0.25, 0.3) is 0 Å². The molecule has 0 aliphatic heterocycles. The van der Waals surface area contributed by atoms with Crippen LogP contribution in [0.3, 0.4) is 0 Å². The molecule has 0 radical (unpaired) electrons. The van der Waals surface area contributed by atoms with Gasteiger partial charge in [0.15, 0.2) is 18.1 Å². The molecule has 3 aromatic rings. The molecule has 0 saturated carbocycles. The number of carbonyl (C=O) groups excluding carboxylic acids is 1. The average Bonchev–Trinajstić information content (AvgIpc) is 2.83. The van der Waals surface area contributed by atoms with E-state index in [9.17, 15) is 10.1 Å². The molecule has 0 aliphatic carbocycles. The van der Waals surface area contributed by atoms with Crippen molar-refractivity contribution in [2.75, 3.05) is 20.8 Å². The number of nitriles is 1. The molecular weight excluding hydrogens is 430 g/mol. The molecule has 0 spiro atoms. The standard InChI is InChI=1S/C25H20ClNO5/c1-29-21-8-4-18(5-9-21)19(15-27)13-17-3-12-23(24(14-17)30-2)32-25(28)16-31-22-10-6-20(26)7-11-22/h3-14H,16H2,1-2H3/b19-13-. The van der Waals surface area contributed by atoms with E-state index in [2.05, 4.69) is 6.07 Å². The maximum Gasteiger partial charge on any atom is 0.349 e. The van der Waals surface area contributed by atoms with Gasteiger partial charge < -0.3 is 18.9 Å². The Morgan fingerprint density at radius 3 is 2.25 bits per heavy atom. The molecule has 7 heteroatoms. The van der Waals surface area contributed by atoms with E-state index in [4.69, 9.17) is 30.5 Å². The highest BCUT2D eigenvalue weighted by molar-refractivity contribution is 6.30. The second kappa shape index (κ2) is 10.9. The molecule has 0 amide bonds. The number of nitrogens with zero attached hydrogens (tertiary/aromatic N) is 1. The molecule has 0 unspecified atom stereocenters. The molecule has 0 heterocycles. The smallest absolute Gasteiger partial charge is 0.349 e. The molecule has 6 nitrogen and oxygen atoms in total. The lowest BCUT2D eigenvalue weighted by Crippen LogP contribution is -2.18. The summed E-state index contributed by atoms with van der Waals surface area (Å²) in [6, 6.07) is 21.1. The van der Waals surface area contributed by atoms with Crippen molar-refractivity contribution in [2.45, 2.75) is 0 Å². The van der Waals surface area contributed by atoms with Crippen molar-refractivity contribution in [1.82, 2.24) is 0 Å². The maximum absolute atomic E-state index is 12.2. The minimum Gasteiger partial charge on any atom is -0.497 e. The summed E-state index contributed by atoms with van der Waals surface area (Å²) >= 11 is 5.83. The number of methoxy groups -OCH3 is 2. The molecule has 0 bridgehead atoms. The summed E-state index contributed by atoms with van der Waals surface area (Å²) in [4.78, 5) is 12.2. The molecule has 0 aromatic heterocycles. The van der Waals surface area contributed by atoms with E-state index in [1.165, 1.54) is 7.11 Å². The van der Waals surface area contributed by atoms with Gasteiger partial charge in [0.1, 0.15) is 11.5 Å². The molecule has 3 rings (SSSR count). The van der Waals surface area contributed by atoms with Crippen molar-refractivity contribution >= 4 is 29.2 Å². The van der Waals surface area contributed by atoms with Gasteiger partial charge in [-0.05, 0) is 77.9 Å². The summed E-state index contributed by atoms with van der Waals surface area (Å²) < 4.78 is 21.3. The van der Waals surface area contributed by atoms with E-state index in [1.807, 2.05) is 12.1 Å². The van der Waals surface area contributed by atoms with Gasteiger partial charge in [0.05, 0.1) is 25.9 Å². The second-order valence-corrected chi connectivity index (χ2v) is 6.96. The van der Waals surface area contributed by atoms with Crippen molar-refractivity contribution < 1.29 is 23.7 Å². The summed E-state index contributed by atoms with van der Waals surface area (Å²) in [6.45, 7) is -0.275. The predicted octanol–water partition coefficient (Wildman–Crippen LogP) is 5.41. The summed E-state index contributed by atoms with van der Waals surface area (Å²) in [5, 5.41) is 10.1. The van der Waals surface area contributed by atoms with Gasteiger partial charge >= 0.3 is 5.97 Å². The molecule has 0 saturated heterocycles. The van der Waals surface area contributed by atoms with Gasteiger partial charge in [-0.25, -0.2) is 4.79 Å². The first-order chi connectivity index (χ1) is 15.5. The number of esters is 1. The average molecular weight is 450 g/mol. The zero-order chi connectivity index (χ0) is 22.9. The van der Waals surface area contributed by atoms with E-state index in [0.29, 0.717) is 33.4 Å². The number of ether oxygens (including phenoxy) is 4. The fourth-order valence-corrected chi connectivity index (χ4v) is 2.93. The fourth-order valence-electron chi connectivity index (χ4n) is 2.80. The van der Waals surface area contributed by atoms with Crippen molar-refractivity contribution in [2.24, 2.45) is 0 Å². The highest BCUT2D eigenvalue weighted by atomic mass is 35.5. The third kappa shape index (κ3) is 6.03. The monoisotopic (exact) mass is 449 g/mol. The van der Waals surface area contributed by atoms with Crippen LogP contribution in [-0.4, -0.2) is 26.8 Å². The number of carbonyl (C=O) groups is 1. The van der Waals surface area contributed by atoms with Crippen LogP contribution in [0, 0.1) is 11.3 Å². The Balaban J connectivity index is 1.71. The van der Waals surface area contributed by atoms with Gasteiger partial charge in [-0.3, -0.25) is 0 Å². The fraction of sp³-hybridized carbons (Fsp3) is 0.120. The minimum atomic E-state index is -0.586. The van der Waals surface area contributed by atoms with Gasteiger partial charge in [0.2, 0.25) is 0 Å². The van der Waals surface area contributed by atoms with Crippen molar-refractivity contribution in [3.63, 3.8) is 0 Å². The van der Waals surface area contributed by atoms with Crippen LogP contribution in [-0.2, 0) is 4.79 Å². The molecule has 32 heavy (non-hydrogen) atoms. The Morgan fingerprint density at radius 2 is 1.62 bits per heavy atom. The quantitative estimate of drug-likeness (QED) is 0.198. The van der Waals surface area contributed by atoms with Gasteiger partial charge in [-0.1, -0.05) is 17.7 Å². The highest BCUT2D eigenvalue weighted by Gasteiger charge is 2.12. The second-order valence-electron chi connectivity index (χ2n) is 6.53. The van der Waals surface area contributed by atoms with E-state index >= 15 is 0 Å². The van der Waals surface area contributed by atoms with E-state index < -0.39 is 5.97 Å². The summed E-state index contributed by atoms with van der Waals surface area (Å²) in [7, 11) is 3.06. The molecule has 0 N–H and O–H groups in total. The third-order valence-corrected chi connectivity index (χ3v) is 4.67. The molecule has 162 valence electrons. The lowest BCUT2D eigenvalue weighted by atomic mass is 10.0. The normalized spacial score (nSPS) is 10.8. The maximum atomic E-state index is 12.2. The molecule has 0 fully saturated rings. The largest absolute Gasteiger partial charge is 0.497 e. The Hall–Kier alpha value is -3.95. The van der Waals surface area contributed by atoms with Crippen molar-refractivity contribution in [1.29, 1.82) is 5.26 Å². The van der Waals surface area contributed by atoms with Gasteiger partial charge in [-0.15, -0.1) is 0 Å². The minimum absolute atomic E-state index is 0.248. The van der Waals surface area contributed by atoms with Crippen LogP contribution >= 0.6 is 11.6 Å². The zero-order valence-electron chi connectivity index (χ0n) is 17.5. The Morgan fingerprint density at radius 1 is 0.938 bits per heavy atom. The van der Waals surface area contributed by atoms with Crippen LogP contribution < -0.4 is 18.9 Å². The summed E-state index contributed by atoms with van der Waals surface area (Å²) in [5.41, 5.74) is 1.93. The van der Waals surface area contributed by atoms with E-state index in [0.717, 1.165) is 5.56 Å². The van der Waals surface area contributed by atoms with Crippen LogP contribution in [0.5, 0.6) is 23.0 Å². The Labute approximate surface area is 191 Å². The Kier molecular flexibility index (Phi) is 7.74. The topological polar surface area (TPSA) is 77.8 Å². The predicted molar refractivity (Wildman–Crippen MR) is 122 cm³/mol. The summed E-state index contributed by atoms with van der Waals surface area (Å²) in [6.07, 6.45) is 1.72. The lowest BCUT2D eigenvalue weighted by molar-refractivity contribution is -0.136. The SMILES string of the molecule is COc1ccc(/C(C#N)=C\c2ccc(OC(=O)COc3ccc(Cl)cc3)c(OC)c2)cc1. The first-order valence-corrected chi connectivity index (χ1v) is 9.93. The third-order valence-electron chi connectivity index (χ3n) is 4.41.